The Morgan fingerprint density at radius 3 is 2.63 bits per heavy atom. The van der Waals surface area contributed by atoms with E-state index in [1.165, 1.54) is 0 Å². The van der Waals surface area contributed by atoms with Gasteiger partial charge >= 0.3 is 0 Å². The fourth-order valence-corrected chi connectivity index (χ4v) is 3.07. The van der Waals surface area contributed by atoms with E-state index in [-0.39, 0.29) is 5.91 Å². The maximum atomic E-state index is 12.5. The van der Waals surface area contributed by atoms with Crippen molar-refractivity contribution >= 4 is 17.5 Å². The molecule has 1 heterocycles. The number of carbonyl (C=O) groups is 1. The summed E-state index contributed by atoms with van der Waals surface area (Å²) in [7, 11) is 0. The number of carbonyl (C=O) groups excluding carboxylic acids is 1. The fraction of sp³-hybridized carbons (Fsp3) is 0.381. The molecule has 1 N–H and O–H groups in total. The molecular weight excluding hydrogens is 364 g/mol. The largest absolute Gasteiger partial charge is 0.488 e. The average molecular weight is 389 g/mol. The summed E-state index contributed by atoms with van der Waals surface area (Å²) >= 11 is 5.90. The predicted molar refractivity (Wildman–Crippen MR) is 106 cm³/mol. The third-order valence-corrected chi connectivity index (χ3v) is 4.73. The smallest absolute Gasteiger partial charge is 0.255 e. The molecule has 6 heteroatoms. The molecule has 1 aliphatic heterocycles. The molecule has 2 aromatic rings. The number of nitrogens with zero attached hydrogens (tertiary/aromatic N) is 1. The van der Waals surface area contributed by atoms with Crippen LogP contribution >= 0.6 is 11.6 Å². The first-order valence-corrected chi connectivity index (χ1v) is 9.65. The second-order valence-corrected chi connectivity index (χ2v) is 6.91. The van der Waals surface area contributed by atoms with Gasteiger partial charge in [-0.2, -0.15) is 0 Å². The van der Waals surface area contributed by atoms with E-state index in [0.29, 0.717) is 29.5 Å². The van der Waals surface area contributed by atoms with Gasteiger partial charge in [-0.15, -0.1) is 0 Å². The minimum atomic E-state index is -0.108. The first-order chi connectivity index (χ1) is 13.2. The molecule has 0 spiro atoms. The topological polar surface area (TPSA) is 50.8 Å². The van der Waals surface area contributed by atoms with E-state index in [1.807, 2.05) is 42.5 Å². The van der Waals surface area contributed by atoms with E-state index >= 15 is 0 Å². The molecule has 0 atom stereocenters. The summed E-state index contributed by atoms with van der Waals surface area (Å²) in [5, 5.41) is 3.68. The third-order valence-electron chi connectivity index (χ3n) is 4.48. The summed E-state index contributed by atoms with van der Waals surface area (Å²) in [6, 6.07) is 14.8. The maximum absolute atomic E-state index is 12.5. The Morgan fingerprint density at radius 2 is 1.85 bits per heavy atom. The van der Waals surface area contributed by atoms with Crippen LogP contribution in [-0.2, 0) is 11.3 Å². The summed E-state index contributed by atoms with van der Waals surface area (Å²) in [5.41, 5.74) is 1.55. The predicted octanol–water partition coefficient (Wildman–Crippen LogP) is 3.37. The van der Waals surface area contributed by atoms with Gasteiger partial charge in [0.2, 0.25) is 0 Å². The molecule has 0 bridgehead atoms. The van der Waals surface area contributed by atoms with Gasteiger partial charge < -0.3 is 14.8 Å². The monoisotopic (exact) mass is 388 g/mol. The maximum Gasteiger partial charge on any atom is 0.255 e. The molecule has 144 valence electrons. The number of ether oxygens (including phenoxy) is 2. The summed E-state index contributed by atoms with van der Waals surface area (Å²) in [5.74, 6) is 0.474. The molecule has 0 saturated carbocycles. The lowest BCUT2D eigenvalue weighted by Gasteiger charge is -2.26. The van der Waals surface area contributed by atoms with Crippen molar-refractivity contribution in [2.45, 2.75) is 13.0 Å². The highest BCUT2D eigenvalue weighted by Crippen LogP contribution is 2.20. The van der Waals surface area contributed by atoms with E-state index in [1.54, 1.807) is 6.07 Å². The number of hydrogen-bond donors (Lipinski definition) is 1. The van der Waals surface area contributed by atoms with Gasteiger partial charge in [0.15, 0.2) is 0 Å². The van der Waals surface area contributed by atoms with E-state index in [9.17, 15) is 4.79 Å². The van der Waals surface area contributed by atoms with Crippen LogP contribution < -0.4 is 10.1 Å². The number of para-hydroxylation sites is 1. The molecule has 5 nitrogen and oxygen atoms in total. The standard InChI is InChI=1S/C21H25ClN2O3/c22-18-8-6-17(7-9-18)16-27-20-5-2-1-4-19(20)21(25)23-10-3-11-24-12-14-26-15-13-24/h1-2,4-9H,3,10-16H2,(H,23,25). The lowest BCUT2D eigenvalue weighted by Crippen LogP contribution is -2.38. The molecular formula is C21H25ClN2O3. The van der Waals surface area contributed by atoms with Crippen LogP contribution in [0.15, 0.2) is 48.5 Å². The van der Waals surface area contributed by atoms with Crippen LogP contribution in [0.25, 0.3) is 0 Å². The summed E-state index contributed by atoms with van der Waals surface area (Å²) in [6.07, 6.45) is 0.916. The van der Waals surface area contributed by atoms with Crippen LogP contribution in [0.1, 0.15) is 22.3 Å². The number of morpholine rings is 1. The Labute approximate surface area is 165 Å². The Balaban J connectivity index is 1.48. The van der Waals surface area contributed by atoms with Gasteiger partial charge in [-0.05, 0) is 42.8 Å². The Bertz CT molecular complexity index is 730. The highest BCUT2D eigenvalue weighted by atomic mass is 35.5. The number of amides is 1. The van der Waals surface area contributed by atoms with Crippen molar-refractivity contribution in [2.24, 2.45) is 0 Å². The van der Waals surface area contributed by atoms with Crippen molar-refractivity contribution in [2.75, 3.05) is 39.4 Å². The van der Waals surface area contributed by atoms with E-state index in [4.69, 9.17) is 21.1 Å². The summed E-state index contributed by atoms with van der Waals surface area (Å²) in [4.78, 5) is 14.9. The van der Waals surface area contributed by atoms with Crippen molar-refractivity contribution in [1.82, 2.24) is 10.2 Å². The second kappa shape index (κ2) is 10.3. The van der Waals surface area contributed by atoms with Crippen molar-refractivity contribution in [1.29, 1.82) is 0 Å². The van der Waals surface area contributed by atoms with Gasteiger partial charge in [-0.1, -0.05) is 35.9 Å². The van der Waals surface area contributed by atoms with Crippen molar-refractivity contribution in [3.8, 4) is 5.75 Å². The van der Waals surface area contributed by atoms with Crippen molar-refractivity contribution in [3.63, 3.8) is 0 Å². The number of benzene rings is 2. The van der Waals surface area contributed by atoms with E-state index in [2.05, 4.69) is 10.2 Å². The molecule has 0 unspecified atom stereocenters. The number of hydrogen-bond acceptors (Lipinski definition) is 4. The number of nitrogens with one attached hydrogen (secondary N) is 1. The van der Waals surface area contributed by atoms with Gasteiger partial charge in [0.25, 0.3) is 5.91 Å². The molecule has 0 aliphatic carbocycles. The zero-order chi connectivity index (χ0) is 18.9. The highest BCUT2D eigenvalue weighted by molar-refractivity contribution is 6.30. The number of rotatable bonds is 8. The fourth-order valence-electron chi connectivity index (χ4n) is 2.95. The SMILES string of the molecule is O=C(NCCCN1CCOCC1)c1ccccc1OCc1ccc(Cl)cc1. The van der Waals surface area contributed by atoms with Crippen LogP contribution in [-0.4, -0.2) is 50.2 Å². The average Bonchev–Trinajstić information content (AvgIpc) is 2.71. The van der Waals surface area contributed by atoms with Crippen LogP contribution in [0.4, 0.5) is 0 Å². The molecule has 27 heavy (non-hydrogen) atoms. The first kappa shape index (κ1) is 19.7. The summed E-state index contributed by atoms with van der Waals surface area (Å²) in [6.45, 7) is 5.53. The zero-order valence-electron chi connectivity index (χ0n) is 15.3. The van der Waals surface area contributed by atoms with Crippen molar-refractivity contribution < 1.29 is 14.3 Å². The Hall–Kier alpha value is -2.08. The van der Waals surface area contributed by atoms with Crippen molar-refractivity contribution in [3.05, 3.63) is 64.7 Å². The molecule has 1 saturated heterocycles. The van der Waals surface area contributed by atoms with Crippen LogP contribution in [0.3, 0.4) is 0 Å². The van der Waals surface area contributed by atoms with E-state index < -0.39 is 0 Å². The Kier molecular flexibility index (Phi) is 7.51. The quantitative estimate of drug-likeness (QED) is 0.704. The molecule has 0 aromatic heterocycles. The van der Waals surface area contributed by atoms with Crippen LogP contribution in [0.2, 0.25) is 5.02 Å². The normalized spacial score (nSPS) is 14.7. The first-order valence-electron chi connectivity index (χ1n) is 9.27. The highest BCUT2D eigenvalue weighted by Gasteiger charge is 2.13. The van der Waals surface area contributed by atoms with Gasteiger partial charge in [0.1, 0.15) is 12.4 Å². The zero-order valence-corrected chi connectivity index (χ0v) is 16.1. The molecule has 2 aromatic carbocycles. The minimum Gasteiger partial charge on any atom is -0.488 e. The Morgan fingerprint density at radius 1 is 1.11 bits per heavy atom. The lowest BCUT2D eigenvalue weighted by molar-refractivity contribution is 0.0374. The lowest BCUT2D eigenvalue weighted by atomic mass is 10.2. The van der Waals surface area contributed by atoms with Crippen LogP contribution in [0.5, 0.6) is 5.75 Å². The number of halogens is 1. The third kappa shape index (κ3) is 6.24. The van der Waals surface area contributed by atoms with Gasteiger partial charge in [-0.25, -0.2) is 0 Å². The minimum absolute atomic E-state index is 0.108. The molecule has 1 amide bonds. The molecule has 0 radical (unpaired) electrons. The van der Waals surface area contributed by atoms with E-state index in [0.717, 1.165) is 44.8 Å². The second-order valence-electron chi connectivity index (χ2n) is 6.47. The van der Waals surface area contributed by atoms with Crippen LogP contribution in [0, 0.1) is 0 Å². The molecule has 3 rings (SSSR count). The molecule has 1 fully saturated rings. The summed E-state index contributed by atoms with van der Waals surface area (Å²) < 4.78 is 11.2. The van der Waals surface area contributed by atoms with Gasteiger partial charge in [-0.3, -0.25) is 9.69 Å². The van der Waals surface area contributed by atoms with Gasteiger partial charge in [0.05, 0.1) is 18.8 Å². The molecule has 1 aliphatic rings. The van der Waals surface area contributed by atoms with Gasteiger partial charge in [0, 0.05) is 24.7 Å².